The molecule has 0 unspecified atom stereocenters. The summed E-state index contributed by atoms with van der Waals surface area (Å²) in [6.07, 6.45) is 2.05. The number of amides is 4. The molecule has 3 rings (SSSR count). The van der Waals surface area contributed by atoms with Crippen molar-refractivity contribution in [3.05, 3.63) is 52.3 Å². The summed E-state index contributed by atoms with van der Waals surface area (Å²) >= 11 is 0. The molecule has 0 aliphatic carbocycles. The van der Waals surface area contributed by atoms with Gasteiger partial charge in [-0.25, -0.2) is 0 Å². The molecule has 0 saturated carbocycles. The van der Waals surface area contributed by atoms with Crippen molar-refractivity contribution < 1.29 is 48.5 Å². The Morgan fingerprint density at radius 3 is 2.08 bits per heavy atom. The maximum atomic E-state index is 12.5. The minimum atomic E-state index is -1.12. The van der Waals surface area contributed by atoms with Crippen molar-refractivity contribution in [3.63, 3.8) is 0 Å². The Morgan fingerprint density at radius 2 is 1.45 bits per heavy atom. The first-order chi connectivity index (χ1) is 24.3. The van der Waals surface area contributed by atoms with Gasteiger partial charge in [0.25, 0.3) is 18.3 Å². The Bertz CT molecular complexity index is 1660. The van der Waals surface area contributed by atoms with E-state index in [1.54, 1.807) is 15.9 Å². The predicted molar refractivity (Wildman–Crippen MR) is 181 cm³/mol. The number of nitrogens with zero attached hydrogens (tertiary/aromatic N) is 4. The van der Waals surface area contributed by atoms with E-state index in [9.17, 15) is 48.6 Å². The average molecular weight is 715 g/mol. The predicted octanol–water partition coefficient (Wildman–Crippen LogP) is -2.04. The third-order valence-electron chi connectivity index (χ3n) is 7.72. The van der Waals surface area contributed by atoms with Crippen molar-refractivity contribution in [1.82, 2.24) is 35.2 Å². The van der Waals surface area contributed by atoms with Gasteiger partial charge in [-0.1, -0.05) is 6.07 Å². The van der Waals surface area contributed by atoms with Gasteiger partial charge in [0.2, 0.25) is 17.4 Å². The van der Waals surface area contributed by atoms with Crippen molar-refractivity contribution in [2.75, 3.05) is 84.2 Å². The summed E-state index contributed by atoms with van der Waals surface area (Å²) in [5.74, 6) is -4.27. The second-order valence-corrected chi connectivity index (χ2v) is 11.6. The van der Waals surface area contributed by atoms with Gasteiger partial charge in [0.1, 0.15) is 6.73 Å². The van der Waals surface area contributed by atoms with Gasteiger partial charge < -0.3 is 35.9 Å². The van der Waals surface area contributed by atoms with Crippen LogP contribution in [0.25, 0.3) is 10.9 Å². The number of aromatic nitrogens is 1. The summed E-state index contributed by atoms with van der Waals surface area (Å²) in [4.78, 5) is 102. The highest BCUT2D eigenvalue weighted by atomic mass is 16.5. The minimum absolute atomic E-state index is 0.0941. The van der Waals surface area contributed by atoms with E-state index in [-0.39, 0.29) is 84.2 Å². The average Bonchev–Trinajstić information content (AvgIpc) is 3.38. The highest BCUT2D eigenvalue weighted by Crippen LogP contribution is 2.19. The quantitative estimate of drug-likeness (QED) is 0.0389. The standard InChI is InChI=1S/C32H42N8O11/c1-22-14-27(43)36-25-15-23(2-3-24(22)25)33-7-9-37(17-31(47)48)10-11-38(18-32(49)50)12-13-39(20-51-21-41)16-28(44)35-19-34-26(42)6-8-40-29(45)4-5-30(40)46/h2-5,14-15,21,33H,6-13,16-20H2,1H3,(H,34,42)(H,35,44)(H,36,43)(H,47,48)(H,49,50). The molecule has 0 atom stereocenters. The van der Waals surface area contributed by atoms with E-state index in [4.69, 9.17) is 4.74 Å². The van der Waals surface area contributed by atoms with Crippen molar-refractivity contribution >= 4 is 58.6 Å². The molecular weight excluding hydrogens is 672 g/mol. The molecule has 0 saturated heterocycles. The van der Waals surface area contributed by atoms with Crippen LogP contribution in [0.2, 0.25) is 0 Å². The minimum Gasteiger partial charge on any atom is -0.480 e. The molecule has 4 amide bonds. The highest BCUT2D eigenvalue weighted by molar-refractivity contribution is 6.13. The molecule has 1 aliphatic heterocycles. The van der Waals surface area contributed by atoms with Crippen molar-refractivity contribution in [2.24, 2.45) is 0 Å². The highest BCUT2D eigenvalue weighted by Gasteiger charge is 2.23. The lowest BCUT2D eigenvalue weighted by atomic mass is 10.1. The van der Waals surface area contributed by atoms with Crippen molar-refractivity contribution in [2.45, 2.75) is 13.3 Å². The topological polar surface area (TPSA) is 251 Å². The number of carboxylic acid groups (broad SMARTS) is 2. The van der Waals surface area contributed by atoms with Gasteiger partial charge in [0, 0.05) is 81.5 Å². The Morgan fingerprint density at radius 1 is 0.843 bits per heavy atom. The summed E-state index contributed by atoms with van der Waals surface area (Å²) in [7, 11) is 0. The van der Waals surface area contributed by atoms with E-state index >= 15 is 0 Å². The van der Waals surface area contributed by atoms with Crippen LogP contribution >= 0.6 is 0 Å². The molecule has 2 heterocycles. The van der Waals surface area contributed by atoms with Crippen molar-refractivity contribution in [3.8, 4) is 0 Å². The zero-order chi connectivity index (χ0) is 37.3. The van der Waals surface area contributed by atoms with Crippen LogP contribution in [-0.2, 0) is 38.3 Å². The number of carbonyl (C=O) groups is 7. The molecule has 1 aromatic heterocycles. The molecule has 0 bridgehead atoms. The van der Waals surface area contributed by atoms with E-state index in [1.165, 1.54) is 11.0 Å². The third kappa shape index (κ3) is 14.0. The fourth-order valence-corrected chi connectivity index (χ4v) is 5.17. The van der Waals surface area contributed by atoms with Gasteiger partial charge >= 0.3 is 11.9 Å². The number of carboxylic acids is 2. The molecule has 51 heavy (non-hydrogen) atoms. The molecule has 0 spiro atoms. The number of aliphatic carboxylic acids is 2. The van der Waals surface area contributed by atoms with Crippen molar-refractivity contribution in [1.29, 1.82) is 0 Å². The molecule has 2 aromatic rings. The van der Waals surface area contributed by atoms with Crippen LogP contribution in [0.15, 0.2) is 41.2 Å². The number of H-pyrrole nitrogens is 1. The summed E-state index contributed by atoms with van der Waals surface area (Å²) in [6, 6.07) is 7.03. The number of aromatic amines is 1. The van der Waals surface area contributed by atoms with Gasteiger partial charge in [-0.15, -0.1) is 0 Å². The Labute approximate surface area is 292 Å². The van der Waals surface area contributed by atoms with Crippen LogP contribution in [0.5, 0.6) is 0 Å². The monoisotopic (exact) mass is 714 g/mol. The number of benzene rings is 1. The van der Waals surface area contributed by atoms with E-state index in [1.807, 2.05) is 19.1 Å². The fourth-order valence-electron chi connectivity index (χ4n) is 5.17. The fraction of sp³-hybridized carbons (Fsp3) is 0.438. The number of carbonyl (C=O) groups excluding carboxylic acids is 5. The number of pyridine rings is 1. The first kappa shape index (κ1) is 39.8. The van der Waals surface area contributed by atoms with Gasteiger partial charge in [-0.2, -0.15) is 0 Å². The second-order valence-electron chi connectivity index (χ2n) is 11.6. The Hall–Kier alpha value is -5.66. The number of nitrogens with one attached hydrogen (secondary N) is 4. The van der Waals surface area contributed by atoms with Gasteiger partial charge in [-0.3, -0.25) is 58.0 Å². The number of imide groups is 1. The number of ether oxygens (including phenoxy) is 1. The number of fused-ring (bicyclic) bond motifs is 1. The molecule has 1 aliphatic rings. The Balaban J connectivity index is 1.48. The lowest BCUT2D eigenvalue weighted by molar-refractivity contribution is -0.140. The SMILES string of the molecule is Cc1cc(=O)[nH]c2cc(NCCN(CCN(CCN(COC=O)CC(=O)NCNC(=O)CCN3C(=O)C=CC3=O)CC(=O)O)CC(=O)O)ccc12. The molecule has 19 nitrogen and oxygen atoms in total. The number of hydrogen-bond acceptors (Lipinski definition) is 13. The maximum Gasteiger partial charge on any atom is 0.317 e. The Kier molecular flexibility index (Phi) is 15.7. The zero-order valence-corrected chi connectivity index (χ0v) is 28.1. The molecule has 0 radical (unpaired) electrons. The maximum absolute atomic E-state index is 12.5. The summed E-state index contributed by atoms with van der Waals surface area (Å²) in [6.45, 7) is 1.69. The lowest BCUT2D eigenvalue weighted by Crippen LogP contribution is -2.47. The van der Waals surface area contributed by atoms with Crippen LogP contribution < -0.4 is 21.5 Å². The van der Waals surface area contributed by atoms with Gasteiger partial charge in [0.15, 0.2) is 0 Å². The second kappa shape index (κ2) is 20.1. The van der Waals surface area contributed by atoms with E-state index in [2.05, 4.69) is 20.9 Å². The van der Waals surface area contributed by atoms with Crippen LogP contribution in [-0.4, -0.2) is 156 Å². The summed E-state index contributed by atoms with van der Waals surface area (Å²) < 4.78 is 4.81. The molecule has 6 N–H and O–H groups in total. The van der Waals surface area contributed by atoms with E-state index in [0.29, 0.717) is 18.6 Å². The molecule has 1 aromatic carbocycles. The largest absolute Gasteiger partial charge is 0.480 e. The summed E-state index contributed by atoms with van der Waals surface area (Å²) in [5, 5.41) is 28.0. The normalized spacial score (nSPS) is 12.6. The number of aryl methyl sites for hydroxylation is 1. The van der Waals surface area contributed by atoms with Crippen LogP contribution in [0.4, 0.5) is 5.69 Å². The van der Waals surface area contributed by atoms with Crippen LogP contribution in [0, 0.1) is 6.92 Å². The van der Waals surface area contributed by atoms with Crippen LogP contribution in [0.1, 0.15) is 12.0 Å². The van der Waals surface area contributed by atoms with Gasteiger partial charge in [-0.05, 0) is 24.6 Å². The first-order valence-electron chi connectivity index (χ1n) is 15.9. The number of hydrogen-bond donors (Lipinski definition) is 6. The summed E-state index contributed by atoms with van der Waals surface area (Å²) in [5.41, 5.74) is 2.00. The smallest absolute Gasteiger partial charge is 0.317 e. The van der Waals surface area contributed by atoms with Gasteiger partial charge in [0.05, 0.1) is 31.8 Å². The zero-order valence-electron chi connectivity index (χ0n) is 28.1. The molecular formula is C32H42N8O11. The molecule has 0 fully saturated rings. The van der Waals surface area contributed by atoms with E-state index < -0.39 is 35.6 Å². The van der Waals surface area contributed by atoms with Crippen LogP contribution in [0.3, 0.4) is 0 Å². The number of rotatable bonds is 24. The molecule has 276 valence electrons. The number of anilines is 1. The lowest BCUT2D eigenvalue weighted by Gasteiger charge is -2.28. The third-order valence-corrected chi connectivity index (χ3v) is 7.72. The molecule has 19 heteroatoms. The first-order valence-corrected chi connectivity index (χ1v) is 15.9. The van der Waals surface area contributed by atoms with E-state index in [0.717, 1.165) is 33.7 Å².